The molecule has 4 rings (SSSR count). The van der Waals surface area contributed by atoms with Crippen molar-refractivity contribution in [3.8, 4) is 0 Å². The zero-order valence-corrected chi connectivity index (χ0v) is 18.5. The molecule has 1 fully saturated rings. The number of benzene rings is 2. The van der Waals surface area contributed by atoms with E-state index < -0.39 is 29.9 Å². The van der Waals surface area contributed by atoms with E-state index in [0.717, 1.165) is 11.6 Å². The van der Waals surface area contributed by atoms with Crippen molar-refractivity contribution >= 4 is 23.2 Å². The second-order valence-corrected chi connectivity index (χ2v) is 8.70. The fourth-order valence-electron chi connectivity index (χ4n) is 4.19. The van der Waals surface area contributed by atoms with Crippen LogP contribution in [0.25, 0.3) is 0 Å². The van der Waals surface area contributed by atoms with Crippen LogP contribution in [0.2, 0.25) is 5.02 Å². The summed E-state index contributed by atoms with van der Waals surface area (Å²) in [6, 6.07) is 8.90. The summed E-state index contributed by atoms with van der Waals surface area (Å²) < 4.78 is 80.9. The van der Waals surface area contributed by atoms with Gasteiger partial charge in [-0.25, -0.2) is 0 Å². The maximum Gasteiger partial charge on any atom is 0.429 e. The topological polar surface area (TPSA) is 41.9 Å². The van der Waals surface area contributed by atoms with Crippen molar-refractivity contribution in [1.29, 1.82) is 0 Å². The largest absolute Gasteiger partial charge is 0.429 e. The monoisotopic (exact) mass is 504 g/mol. The summed E-state index contributed by atoms with van der Waals surface area (Å²) in [5.41, 5.74) is -0.408. The number of halogens is 7. The number of carbonyl (C=O) groups excluding carboxylic acids is 1. The van der Waals surface area contributed by atoms with Crippen molar-refractivity contribution in [3.63, 3.8) is 0 Å². The molecule has 0 bridgehead atoms. The van der Waals surface area contributed by atoms with E-state index in [1.54, 1.807) is 36.1 Å². The quantitative estimate of drug-likeness (QED) is 0.469. The van der Waals surface area contributed by atoms with Crippen LogP contribution >= 0.6 is 11.6 Å². The van der Waals surface area contributed by atoms with Gasteiger partial charge in [0.1, 0.15) is 0 Å². The smallest absolute Gasteiger partial charge is 0.381 e. The molecule has 0 aliphatic carbocycles. The molecule has 0 saturated carbocycles. The molecule has 2 aromatic carbocycles. The average molecular weight is 505 g/mol. The third-order valence-corrected chi connectivity index (χ3v) is 6.22. The van der Waals surface area contributed by atoms with Crippen LogP contribution in [-0.2, 0) is 15.8 Å². The molecule has 2 heterocycles. The van der Waals surface area contributed by atoms with Gasteiger partial charge in [0.05, 0.1) is 17.2 Å². The SMILES string of the molecule is CCC(=O)N1CC(c2ccc(C3=NOC(C(F)(F)F)C3c3cc(Cl)cc(C(F)(F)F)c3)cc2)C1. The highest BCUT2D eigenvalue weighted by Gasteiger charge is 2.53. The first-order valence-corrected chi connectivity index (χ1v) is 10.8. The van der Waals surface area contributed by atoms with Gasteiger partial charge >= 0.3 is 12.4 Å². The van der Waals surface area contributed by atoms with Gasteiger partial charge in [-0.05, 0) is 29.3 Å². The number of hydrogen-bond donors (Lipinski definition) is 0. The van der Waals surface area contributed by atoms with Crippen LogP contribution in [0.1, 0.15) is 47.4 Å². The van der Waals surface area contributed by atoms with Gasteiger partial charge < -0.3 is 9.74 Å². The first-order chi connectivity index (χ1) is 15.9. The van der Waals surface area contributed by atoms with Crippen molar-refractivity contribution in [1.82, 2.24) is 4.90 Å². The number of alkyl halides is 6. The van der Waals surface area contributed by atoms with Gasteiger partial charge in [-0.2, -0.15) is 26.3 Å². The van der Waals surface area contributed by atoms with Crippen molar-refractivity contribution in [3.05, 3.63) is 69.7 Å². The van der Waals surface area contributed by atoms with Gasteiger partial charge in [0.15, 0.2) is 0 Å². The predicted molar refractivity (Wildman–Crippen MR) is 113 cm³/mol. The fraction of sp³-hybridized carbons (Fsp3) is 0.391. The van der Waals surface area contributed by atoms with Gasteiger partial charge in [-0.1, -0.05) is 47.9 Å². The lowest BCUT2D eigenvalue weighted by Gasteiger charge is -2.39. The van der Waals surface area contributed by atoms with Gasteiger partial charge in [0.2, 0.25) is 12.0 Å². The Balaban J connectivity index is 1.64. The molecule has 4 nitrogen and oxygen atoms in total. The Kier molecular flexibility index (Phi) is 6.30. The molecule has 34 heavy (non-hydrogen) atoms. The maximum absolute atomic E-state index is 13.7. The zero-order chi connectivity index (χ0) is 24.8. The highest BCUT2D eigenvalue weighted by Crippen LogP contribution is 2.43. The van der Waals surface area contributed by atoms with Gasteiger partial charge in [0, 0.05) is 36.0 Å². The summed E-state index contributed by atoms with van der Waals surface area (Å²) in [6.07, 6.45) is -11.7. The van der Waals surface area contributed by atoms with Crippen LogP contribution in [0.3, 0.4) is 0 Å². The summed E-state index contributed by atoms with van der Waals surface area (Å²) >= 11 is 5.82. The molecular weight excluding hydrogens is 486 g/mol. The van der Waals surface area contributed by atoms with Gasteiger partial charge in [0.25, 0.3) is 0 Å². The molecule has 2 aliphatic rings. The molecule has 1 saturated heterocycles. The highest BCUT2D eigenvalue weighted by molar-refractivity contribution is 6.30. The number of oxime groups is 1. The van der Waals surface area contributed by atoms with Gasteiger partial charge in [-0.15, -0.1) is 0 Å². The van der Waals surface area contributed by atoms with Crippen molar-refractivity contribution in [2.24, 2.45) is 5.16 Å². The van der Waals surface area contributed by atoms with Crippen LogP contribution in [0.5, 0.6) is 0 Å². The lowest BCUT2D eigenvalue weighted by molar-refractivity contribution is -0.216. The van der Waals surface area contributed by atoms with Crippen molar-refractivity contribution in [2.75, 3.05) is 13.1 Å². The first kappa shape index (κ1) is 24.4. The Morgan fingerprint density at radius 2 is 1.71 bits per heavy atom. The van der Waals surface area contributed by atoms with E-state index in [4.69, 9.17) is 11.6 Å². The number of likely N-dealkylation sites (tertiary alicyclic amines) is 1. The Bertz CT molecular complexity index is 1110. The van der Waals surface area contributed by atoms with Crippen LogP contribution < -0.4 is 0 Å². The van der Waals surface area contributed by atoms with Crippen molar-refractivity contribution in [2.45, 2.75) is 43.6 Å². The number of amides is 1. The molecule has 182 valence electrons. The molecule has 2 aromatic rings. The van der Waals surface area contributed by atoms with Crippen LogP contribution in [-0.4, -0.2) is 41.9 Å². The molecule has 0 spiro atoms. The summed E-state index contributed by atoms with van der Waals surface area (Å²) in [5, 5.41) is 3.26. The summed E-state index contributed by atoms with van der Waals surface area (Å²) in [7, 11) is 0. The average Bonchev–Trinajstić information content (AvgIpc) is 3.18. The Morgan fingerprint density at radius 1 is 1.06 bits per heavy atom. The third kappa shape index (κ3) is 4.73. The highest BCUT2D eigenvalue weighted by atomic mass is 35.5. The van der Waals surface area contributed by atoms with E-state index in [2.05, 4.69) is 9.99 Å². The molecule has 2 unspecified atom stereocenters. The van der Waals surface area contributed by atoms with Crippen LogP contribution in [0, 0.1) is 0 Å². The number of rotatable bonds is 4. The standard InChI is InChI=1S/C23H19ClF6N2O2/c1-2-18(33)32-10-15(11-32)12-3-5-13(6-4-12)20-19(21(34-31-20)23(28,29)30)14-7-16(22(25,26)27)9-17(24)8-14/h3-9,15,19,21H,2,10-11H2,1H3. The molecule has 2 aliphatic heterocycles. The molecule has 0 N–H and O–H groups in total. The van der Waals surface area contributed by atoms with E-state index in [1.807, 2.05) is 0 Å². The fourth-order valence-corrected chi connectivity index (χ4v) is 4.43. The zero-order valence-electron chi connectivity index (χ0n) is 17.8. The normalized spacial score (nSPS) is 21.2. The minimum atomic E-state index is -4.88. The summed E-state index contributed by atoms with van der Waals surface area (Å²) in [5.74, 6) is -1.48. The molecule has 2 atom stereocenters. The van der Waals surface area contributed by atoms with E-state index >= 15 is 0 Å². The predicted octanol–water partition coefficient (Wildman–Crippen LogP) is 6.14. The summed E-state index contributed by atoms with van der Waals surface area (Å²) in [4.78, 5) is 18.1. The molecule has 0 radical (unpaired) electrons. The lowest BCUT2D eigenvalue weighted by Crippen LogP contribution is -2.48. The summed E-state index contributed by atoms with van der Waals surface area (Å²) in [6.45, 7) is 2.88. The Labute approximate surface area is 196 Å². The maximum atomic E-state index is 13.7. The van der Waals surface area contributed by atoms with E-state index in [-0.39, 0.29) is 33.7 Å². The lowest BCUT2D eigenvalue weighted by atomic mass is 9.84. The minimum absolute atomic E-state index is 0.0473. The van der Waals surface area contributed by atoms with Gasteiger partial charge in [-0.3, -0.25) is 4.79 Å². The van der Waals surface area contributed by atoms with E-state index in [0.29, 0.717) is 31.6 Å². The van der Waals surface area contributed by atoms with Crippen LogP contribution in [0.4, 0.5) is 26.3 Å². The van der Waals surface area contributed by atoms with Crippen molar-refractivity contribution < 1.29 is 36.0 Å². The number of nitrogens with zero attached hydrogens (tertiary/aromatic N) is 2. The second kappa shape index (κ2) is 8.79. The van der Waals surface area contributed by atoms with Crippen LogP contribution in [0.15, 0.2) is 47.6 Å². The number of hydrogen-bond acceptors (Lipinski definition) is 3. The van der Waals surface area contributed by atoms with E-state index in [9.17, 15) is 31.1 Å². The minimum Gasteiger partial charge on any atom is -0.381 e. The first-order valence-electron chi connectivity index (χ1n) is 10.4. The second-order valence-electron chi connectivity index (χ2n) is 8.26. The Hall–Kier alpha value is -2.75. The Morgan fingerprint density at radius 3 is 2.26 bits per heavy atom. The molecular formula is C23H19ClF6N2O2. The van der Waals surface area contributed by atoms with E-state index in [1.165, 1.54) is 0 Å². The molecule has 0 aromatic heterocycles. The molecule has 1 amide bonds. The molecule has 11 heteroatoms. The number of carbonyl (C=O) groups is 1. The third-order valence-electron chi connectivity index (χ3n) is 6.01.